The number of nitrogens with zero attached hydrogens (tertiary/aromatic N) is 1. The molecule has 1 amide bonds. The molecular formula is C25H25F3N2O5. The zero-order valence-electron chi connectivity index (χ0n) is 18.9. The van der Waals surface area contributed by atoms with Crippen LogP contribution in [-0.2, 0) is 9.59 Å². The number of aldehydes is 1. The van der Waals surface area contributed by atoms with Crippen LogP contribution < -0.4 is 15.4 Å². The highest BCUT2D eigenvalue weighted by Gasteiger charge is 2.55. The number of fused-ring (bicyclic) bond motifs is 2. The maximum atomic E-state index is 13.7. The van der Waals surface area contributed by atoms with Gasteiger partial charge >= 0.3 is 12.3 Å². The van der Waals surface area contributed by atoms with Crippen molar-refractivity contribution in [3.8, 4) is 5.75 Å². The second-order valence-corrected chi connectivity index (χ2v) is 9.17. The molecule has 1 fully saturated rings. The Hall–Kier alpha value is -3.40. The molecule has 10 heteroatoms. The van der Waals surface area contributed by atoms with E-state index in [0.29, 0.717) is 30.4 Å². The monoisotopic (exact) mass is 490 g/mol. The van der Waals surface area contributed by atoms with E-state index in [1.54, 1.807) is 23.1 Å². The summed E-state index contributed by atoms with van der Waals surface area (Å²) in [7, 11) is 0. The molecule has 3 N–H and O–H groups in total. The van der Waals surface area contributed by atoms with Gasteiger partial charge in [-0.1, -0.05) is 24.1 Å². The van der Waals surface area contributed by atoms with Crippen molar-refractivity contribution in [3.05, 3.63) is 59.2 Å². The van der Waals surface area contributed by atoms with Crippen LogP contribution in [-0.4, -0.2) is 41.2 Å². The Labute approximate surface area is 199 Å². The molecule has 4 rings (SSSR count). The number of aryl methyl sites for hydroxylation is 1. The first kappa shape index (κ1) is 24.7. The van der Waals surface area contributed by atoms with E-state index >= 15 is 0 Å². The molecule has 7 nitrogen and oxygen atoms in total. The Morgan fingerprint density at radius 1 is 1.17 bits per heavy atom. The number of anilines is 1. The fourth-order valence-corrected chi connectivity index (χ4v) is 5.57. The number of ether oxygens (including phenoxy) is 1. The maximum Gasteiger partial charge on any atom is 0.573 e. The highest BCUT2D eigenvalue weighted by Crippen LogP contribution is 2.53. The van der Waals surface area contributed by atoms with Crippen LogP contribution in [0.4, 0.5) is 18.9 Å². The van der Waals surface area contributed by atoms with Crippen LogP contribution in [0.5, 0.6) is 5.75 Å². The van der Waals surface area contributed by atoms with Crippen LogP contribution in [0.1, 0.15) is 53.1 Å². The number of carboxylic acids is 1. The van der Waals surface area contributed by atoms with Crippen LogP contribution in [0, 0.1) is 12.8 Å². The lowest BCUT2D eigenvalue weighted by Crippen LogP contribution is -2.60. The molecule has 1 heterocycles. The van der Waals surface area contributed by atoms with Crippen molar-refractivity contribution < 1.29 is 37.4 Å². The van der Waals surface area contributed by atoms with Gasteiger partial charge in [-0.25, -0.2) is 0 Å². The van der Waals surface area contributed by atoms with E-state index in [1.165, 1.54) is 12.1 Å². The van der Waals surface area contributed by atoms with Crippen molar-refractivity contribution in [1.82, 2.24) is 0 Å². The van der Waals surface area contributed by atoms with Gasteiger partial charge in [0.05, 0.1) is 0 Å². The number of benzene rings is 2. The Morgan fingerprint density at radius 3 is 2.46 bits per heavy atom. The lowest BCUT2D eigenvalue weighted by atomic mass is 9.66. The second kappa shape index (κ2) is 8.99. The molecule has 0 aromatic heterocycles. The number of halogens is 3. The minimum Gasteiger partial charge on any atom is -0.480 e. The van der Waals surface area contributed by atoms with Gasteiger partial charge in [-0.2, -0.15) is 0 Å². The number of alkyl halides is 3. The molecule has 2 aromatic rings. The topological polar surface area (TPSA) is 110 Å². The Kier molecular flexibility index (Phi) is 6.35. The number of amides is 1. The third-order valence-electron chi connectivity index (χ3n) is 7.00. The maximum absolute atomic E-state index is 13.7. The number of nitrogens with two attached hydrogens (primary N) is 1. The Bertz CT molecular complexity index is 1150. The molecular weight excluding hydrogens is 465 g/mol. The molecule has 4 unspecified atom stereocenters. The van der Waals surface area contributed by atoms with E-state index < -0.39 is 35.4 Å². The van der Waals surface area contributed by atoms with Gasteiger partial charge in [-0.15, -0.1) is 13.2 Å². The predicted octanol–water partition coefficient (Wildman–Crippen LogP) is 4.18. The molecule has 1 saturated carbocycles. The summed E-state index contributed by atoms with van der Waals surface area (Å²) in [5.41, 5.74) is 6.63. The predicted molar refractivity (Wildman–Crippen MR) is 120 cm³/mol. The van der Waals surface area contributed by atoms with E-state index in [-0.39, 0.29) is 23.9 Å². The Morgan fingerprint density at radius 2 is 1.86 bits per heavy atom. The van der Waals surface area contributed by atoms with Crippen LogP contribution in [0.15, 0.2) is 42.5 Å². The van der Waals surface area contributed by atoms with Gasteiger partial charge in [0.1, 0.15) is 17.6 Å². The molecule has 1 aliphatic heterocycles. The first-order valence-electron chi connectivity index (χ1n) is 11.2. The standard InChI is InChI=1S/C25H25F3N2O5/c1-14-5-10-20-18(13-14)21(24(29,11-12-31)23(33)34)17-3-2-4-19(17)30(20)22(32)15-6-8-16(9-7-15)35-25(26,27)28/h5-10,12-13,17,19,21H,2-4,11,29H2,1H3,(H,33,34). The normalized spacial score (nSPS) is 23.1. The van der Waals surface area contributed by atoms with Crippen LogP contribution >= 0.6 is 0 Å². The molecule has 0 saturated heterocycles. The van der Waals surface area contributed by atoms with Crippen LogP contribution in [0.25, 0.3) is 0 Å². The summed E-state index contributed by atoms with van der Waals surface area (Å²) in [5.74, 6) is -3.14. The summed E-state index contributed by atoms with van der Waals surface area (Å²) >= 11 is 0. The first-order valence-corrected chi connectivity index (χ1v) is 11.2. The van der Waals surface area contributed by atoms with Crippen molar-refractivity contribution in [2.75, 3.05) is 4.90 Å². The van der Waals surface area contributed by atoms with Crippen molar-refractivity contribution in [2.45, 2.75) is 56.5 Å². The number of carbonyl (C=O) groups is 3. The number of hydrogen-bond acceptors (Lipinski definition) is 5. The first-order chi connectivity index (χ1) is 16.5. The van der Waals surface area contributed by atoms with Gasteiger partial charge in [0.15, 0.2) is 0 Å². The SMILES string of the molecule is Cc1ccc2c(c1)C(C(N)(CC=O)C(=O)O)C1CCCC1N2C(=O)c1ccc(OC(F)(F)F)cc1. The van der Waals surface area contributed by atoms with Crippen molar-refractivity contribution in [2.24, 2.45) is 11.7 Å². The minimum absolute atomic E-state index is 0.167. The van der Waals surface area contributed by atoms with Gasteiger partial charge in [0.25, 0.3) is 5.91 Å². The van der Waals surface area contributed by atoms with Gasteiger partial charge in [-0.05, 0) is 61.6 Å². The van der Waals surface area contributed by atoms with Gasteiger partial charge in [0, 0.05) is 29.6 Å². The average Bonchev–Trinajstić information content (AvgIpc) is 3.25. The average molecular weight is 490 g/mol. The lowest BCUT2D eigenvalue weighted by Gasteiger charge is -2.48. The highest BCUT2D eigenvalue weighted by molar-refractivity contribution is 6.07. The molecule has 0 radical (unpaired) electrons. The summed E-state index contributed by atoms with van der Waals surface area (Å²) in [4.78, 5) is 39.0. The number of aliphatic carboxylic acids is 1. The van der Waals surface area contributed by atoms with E-state index in [2.05, 4.69) is 4.74 Å². The van der Waals surface area contributed by atoms with Crippen LogP contribution in [0.2, 0.25) is 0 Å². The number of carbonyl (C=O) groups excluding carboxylic acids is 2. The zero-order chi connectivity index (χ0) is 25.5. The van der Waals surface area contributed by atoms with E-state index in [9.17, 15) is 32.7 Å². The summed E-state index contributed by atoms with van der Waals surface area (Å²) < 4.78 is 41.4. The smallest absolute Gasteiger partial charge is 0.480 e. The third-order valence-corrected chi connectivity index (χ3v) is 7.00. The van der Waals surface area contributed by atoms with Crippen LogP contribution in [0.3, 0.4) is 0 Å². The molecule has 2 aromatic carbocycles. The fourth-order valence-electron chi connectivity index (χ4n) is 5.57. The summed E-state index contributed by atoms with van der Waals surface area (Å²) in [6, 6.07) is 9.64. The molecule has 0 bridgehead atoms. The second-order valence-electron chi connectivity index (χ2n) is 9.17. The molecule has 1 aliphatic carbocycles. The lowest BCUT2D eigenvalue weighted by molar-refractivity contribution is -0.274. The molecule has 0 spiro atoms. The van der Waals surface area contributed by atoms with Gasteiger partial charge in [0.2, 0.25) is 0 Å². The van der Waals surface area contributed by atoms with Crippen molar-refractivity contribution in [1.29, 1.82) is 0 Å². The van der Waals surface area contributed by atoms with Gasteiger partial charge in [-0.3, -0.25) is 9.59 Å². The Balaban J connectivity index is 1.80. The number of rotatable bonds is 6. The van der Waals surface area contributed by atoms with Crippen molar-refractivity contribution in [3.63, 3.8) is 0 Å². The third kappa shape index (κ3) is 4.50. The zero-order valence-corrected chi connectivity index (χ0v) is 18.9. The fraction of sp³-hybridized carbons (Fsp3) is 0.400. The van der Waals surface area contributed by atoms with Crippen molar-refractivity contribution >= 4 is 23.9 Å². The number of hydrogen-bond donors (Lipinski definition) is 2. The summed E-state index contributed by atoms with van der Waals surface area (Å²) in [5, 5.41) is 10.0. The molecule has 35 heavy (non-hydrogen) atoms. The largest absolute Gasteiger partial charge is 0.573 e. The summed E-state index contributed by atoms with van der Waals surface area (Å²) in [6.45, 7) is 1.84. The number of carboxylic acid groups (broad SMARTS) is 1. The molecule has 186 valence electrons. The quantitative estimate of drug-likeness (QED) is 0.588. The minimum atomic E-state index is -4.85. The highest BCUT2D eigenvalue weighted by atomic mass is 19.4. The van der Waals surface area contributed by atoms with E-state index in [4.69, 9.17) is 5.73 Å². The van der Waals surface area contributed by atoms with E-state index in [1.807, 2.05) is 6.92 Å². The van der Waals surface area contributed by atoms with Gasteiger partial charge < -0.3 is 25.3 Å². The molecule has 4 atom stereocenters. The van der Waals surface area contributed by atoms with E-state index in [0.717, 1.165) is 24.1 Å². The molecule has 2 aliphatic rings. The summed E-state index contributed by atoms with van der Waals surface area (Å²) in [6.07, 6.45) is -2.75.